The topological polar surface area (TPSA) is 63.4 Å². The van der Waals surface area contributed by atoms with Crippen molar-refractivity contribution < 1.29 is 8.42 Å². The third-order valence-electron chi connectivity index (χ3n) is 3.90. The quantitative estimate of drug-likeness (QED) is 0.922. The van der Waals surface area contributed by atoms with Crippen LogP contribution in [0.1, 0.15) is 29.7 Å². The maximum Gasteiger partial charge on any atom is 0.238 e. The van der Waals surface area contributed by atoms with Gasteiger partial charge in [-0.2, -0.15) is 0 Å². The van der Waals surface area contributed by atoms with Gasteiger partial charge in [0.25, 0.3) is 0 Å². The molecule has 2 aromatic carbocycles. The molecule has 0 aromatic heterocycles. The second-order valence-electron chi connectivity index (χ2n) is 5.69. The Bertz CT molecular complexity index is 722. The van der Waals surface area contributed by atoms with E-state index in [-0.39, 0.29) is 10.9 Å². The number of rotatable bonds is 5. The molecule has 0 aliphatic heterocycles. The van der Waals surface area contributed by atoms with Crippen LogP contribution in [-0.4, -0.2) is 20.4 Å². The summed E-state index contributed by atoms with van der Waals surface area (Å²) in [6.07, 6.45) is 0. The van der Waals surface area contributed by atoms with Crippen molar-refractivity contribution >= 4 is 10.0 Å². The number of primary sulfonamides is 1. The minimum atomic E-state index is -3.63. The first-order valence-corrected chi connectivity index (χ1v) is 8.70. The molecule has 118 valence electrons. The summed E-state index contributed by atoms with van der Waals surface area (Å²) in [5, 5.41) is 5.12. The zero-order valence-corrected chi connectivity index (χ0v) is 14.0. The minimum Gasteiger partial charge on any atom is -0.295 e. The smallest absolute Gasteiger partial charge is 0.238 e. The highest BCUT2D eigenvalue weighted by Crippen LogP contribution is 2.22. The normalized spacial score (nSPS) is 13.3. The SMILES string of the molecule is Cc1ccc(CN(C)[C@@H](C)c2ccc(S(N)(=O)=O)cc2)cc1. The van der Waals surface area contributed by atoms with E-state index in [4.69, 9.17) is 5.14 Å². The summed E-state index contributed by atoms with van der Waals surface area (Å²) in [4.78, 5) is 2.36. The van der Waals surface area contributed by atoms with Gasteiger partial charge in [0.05, 0.1) is 4.90 Å². The number of nitrogens with two attached hydrogens (primary N) is 1. The molecule has 0 bridgehead atoms. The van der Waals surface area contributed by atoms with E-state index in [2.05, 4.69) is 50.1 Å². The predicted octanol–water partition coefficient (Wildman–Crippen LogP) is 2.84. The van der Waals surface area contributed by atoms with Crippen molar-refractivity contribution in [3.8, 4) is 0 Å². The van der Waals surface area contributed by atoms with Crippen molar-refractivity contribution in [2.45, 2.75) is 31.3 Å². The molecule has 0 saturated carbocycles. The summed E-state index contributed by atoms with van der Waals surface area (Å²) >= 11 is 0. The number of hydrogen-bond acceptors (Lipinski definition) is 3. The van der Waals surface area contributed by atoms with E-state index in [1.165, 1.54) is 11.1 Å². The molecular formula is C17H22N2O2S. The first-order chi connectivity index (χ1) is 10.3. The number of sulfonamides is 1. The maximum atomic E-state index is 11.3. The fourth-order valence-electron chi connectivity index (χ4n) is 2.31. The second-order valence-corrected chi connectivity index (χ2v) is 7.25. The van der Waals surface area contributed by atoms with E-state index in [1.54, 1.807) is 12.1 Å². The van der Waals surface area contributed by atoms with Crippen LogP contribution in [0.5, 0.6) is 0 Å². The molecular weight excluding hydrogens is 296 g/mol. The zero-order valence-electron chi connectivity index (χ0n) is 13.2. The Morgan fingerprint density at radius 1 is 1.05 bits per heavy atom. The molecule has 0 radical (unpaired) electrons. The molecule has 2 aromatic rings. The third-order valence-corrected chi connectivity index (χ3v) is 4.83. The molecule has 2 rings (SSSR count). The molecule has 0 aliphatic carbocycles. The monoisotopic (exact) mass is 318 g/mol. The van der Waals surface area contributed by atoms with E-state index in [0.29, 0.717) is 0 Å². The lowest BCUT2D eigenvalue weighted by atomic mass is 10.1. The summed E-state index contributed by atoms with van der Waals surface area (Å²) in [6, 6.07) is 15.4. The van der Waals surface area contributed by atoms with Crippen LogP contribution in [0.25, 0.3) is 0 Å². The molecule has 0 heterocycles. The van der Waals surface area contributed by atoms with Crippen LogP contribution in [0.3, 0.4) is 0 Å². The van der Waals surface area contributed by atoms with E-state index in [9.17, 15) is 8.42 Å². The number of aryl methyl sites for hydroxylation is 1. The average Bonchev–Trinajstić information content (AvgIpc) is 2.48. The van der Waals surface area contributed by atoms with Gasteiger partial charge in [0.1, 0.15) is 0 Å². The Hall–Kier alpha value is -1.69. The predicted molar refractivity (Wildman–Crippen MR) is 88.9 cm³/mol. The second kappa shape index (κ2) is 6.60. The van der Waals surface area contributed by atoms with Crippen molar-refractivity contribution in [2.75, 3.05) is 7.05 Å². The van der Waals surface area contributed by atoms with Crippen molar-refractivity contribution in [2.24, 2.45) is 5.14 Å². The van der Waals surface area contributed by atoms with Crippen molar-refractivity contribution in [1.29, 1.82) is 0 Å². The van der Waals surface area contributed by atoms with E-state index < -0.39 is 10.0 Å². The van der Waals surface area contributed by atoms with Crippen LogP contribution in [0, 0.1) is 6.92 Å². The summed E-state index contributed by atoms with van der Waals surface area (Å²) in [5.74, 6) is 0. The fraction of sp³-hybridized carbons (Fsp3) is 0.294. The highest BCUT2D eigenvalue weighted by molar-refractivity contribution is 7.89. The molecule has 0 fully saturated rings. The molecule has 2 N–H and O–H groups in total. The third kappa shape index (κ3) is 4.16. The van der Waals surface area contributed by atoms with Gasteiger partial charge in [-0.25, -0.2) is 13.6 Å². The number of benzene rings is 2. The van der Waals surface area contributed by atoms with Gasteiger partial charge < -0.3 is 0 Å². The average molecular weight is 318 g/mol. The lowest BCUT2D eigenvalue weighted by Gasteiger charge is -2.25. The van der Waals surface area contributed by atoms with Crippen molar-refractivity contribution in [3.05, 3.63) is 65.2 Å². The molecule has 5 heteroatoms. The van der Waals surface area contributed by atoms with Crippen molar-refractivity contribution in [1.82, 2.24) is 4.90 Å². The van der Waals surface area contributed by atoms with Crippen LogP contribution in [-0.2, 0) is 16.6 Å². The number of hydrogen-bond donors (Lipinski definition) is 1. The van der Waals surface area contributed by atoms with Gasteiger partial charge in [-0.15, -0.1) is 0 Å². The van der Waals surface area contributed by atoms with Crippen LogP contribution >= 0.6 is 0 Å². The molecule has 1 atom stereocenters. The standard InChI is InChI=1S/C17H22N2O2S/c1-13-4-6-15(7-5-13)12-19(3)14(2)16-8-10-17(11-9-16)22(18,20)21/h4-11,14H,12H2,1-3H3,(H2,18,20,21)/t14-/m0/s1. The van der Waals surface area contributed by atoms with Crippen LogP contribution < -0.4 is 5.14 Å². The molecule has 0 spiro atoms. The van der Waals surface area contributed by atoms with Gasteiger partial charge >= 0.3 is 0 Å². The highest BCUT2D eigenvalue weighted by atomic mass is 32.2. The Balaban J connectivity index is 2.10. The van der Waals surface area contributed by atoms with Crippen LogP contribution in [0.2, 0.25) is 0 Å². The summed E-state index contributed by atoms with van der Waals surface area (Å²) in [5.41, 5.74) is 3.56. The maximum absolute atomic E-state index is 11.3. The molecule has 0 saturated heterocycles. The lowest BCUT2D eigenvalue weighted by molar-refractivity contribution is 0.253. The highest BCUT2D eigenvalue weighted by Gasteiger charge is 2.14. The summed E-state index contributed by atoms with van der Waals surface area (Å²) < 4.78 is 22.6. The van der Waals surface area contributed by atoms with Gasteiger partial charge in [-0.3, -0.25) is 4.90 Å². The Morgan fingerprint density at radius 3 is 2.09 bits per heavy atom. The lowest BCUT2D eigenvalue weighted by Crippen LogP contribution is -2.22. The van der Waals surface area contributed by atoms with Gasteiger partial charge in [0, 0.05) is 12.6 Å². The Labute approximate surface area is 132 Å². The zero-order chi connectivity index (χ0) is 16.3. The van der Waals surface area contributed by atoms with E-state index >= 15 is 0 Å². The molecule has 0 aliphatic rings. The Morgan fingerprint density at radius 2 is 1.59 bits per heavy atom. The first-order valence-electron chi connectivity index (χ1n) is 7.16. The van der Waals surface area contributed by atoms with Crippen LogP contribution in [0.15, 0.2) is 53.4 Å². The summed E-state index contributed by atoms with van der Waals surface area (Å²) in [7, 11) is -1.58. The van der Waals surface area contributed by atoms with E-state index in [1.807, 2.05) is 12.1 Å². The molecule has 0 unspecified atom stereocenters. The molecule has 4 nitrogen and oxygen atoms in total. The first kappa shape index (κ1) is 16.7. The van der Waals surface area contributed by atoms with Gasteiger partial charge in [-0.1, -0.05) is 42.0 Å². The van der Waals surface area contributed by atoms with Gasteiger partial charge in [0.2, 0.25) is 10.0 Å². The largest absolute Gasteiger partial charge is 0.295 e. The van der Waals surface area contributed by atoms with E-state index in [0.717, 1.165) is 12.1 Å². The van der Waals surface area contributed by atoms with Crippen LogP contribution in [0.4, 0.5) is 0 Å². The van der Waals surface area contributed by atoms with Gasteiger partial charge in [0.15, 0.2) is 0 Å². The minimum absolute atomic E-state index is 0.143. The van der Waals surface area contributed by atoms with Gasteiger partial charge in [-0.05, 0) is 44.2 Å². The molecule has 0 amide bonds. The molecule has 22 heavy (non-hydrogen) atoms. The number of nitrogens with zero attached hydrogens (tertiary/aromatic N) is 1. The Kier molecular flexibility index (Phi) is 5.01. The fourth-order valence-corrected chi connectivity index (χ4v) is 2.82. The van der Waals surface area contributed by atoms with Crippen molar-refractivity contribution in [3.63, 3.8) is 0 Å². The summed E-state index contributed by atoms with van der Waals surface area (Å²) in [6.45, 7) is 5.00.